The summed E-state index contributed by atoms with van der Waals surface area (Å²) >= 11 is 0. The molecule has 4 aromatic rings. The van der Waals surface area contributed by atoms with Crippen LogP contribution in [-0.2, 0) is 0 Å². The lowest BCUT2D eigenvalue weighted by Crippen LogP contribution is -1.82. The summed E-state index contributed by atoms with van der Waals surface area (Å²) in [6.45, 7) is 0. The summed E-state index contributed by atoms with van der Waals surface area (Å²) in [4.78, 5) is 8.68. The topological polar surface area (TPSA) is 78.1 Å². The number of hydrogen-bond acceptors (Lipinski definition) is 5. The van der Waals surface area contributed by atoms with Gasteiger partial charge in [-0.2, -0.15) is 0 Å². The zero-order chi connectivity index (χ0) is 12.8. The Hall–Kier alpha value is -2.82. The van der Waals surface area contributed by atoms with Crippen molar-refractivity contribution in [2.75, 3.05) is 5.73 Å². The molecule has 92 valence electrons. The van der Waals surface area contributed by atoms with E-state index in [1.165, 1.54) is 0 Å². The van der Waals surface area contributed by atoms with Gasteiger partial charge < -0.3 is 14.6 Å². The molecule has 0 aliphatic rings. The summed E-state index contributed by atoms with van der Waals surface area (Å²) < 4.78 is 11.2. The van der Waals surface area contributed by atoms with Crippen molar-refractivity contribution >= 4 is 27.9 Å². The Morgan fingerprint density at radius 2 is 1.47 bits per heavy atom. The molecule has 0 spiro atoms. The van der Waals surface area contributed by atoms with Crippen LogP contribution in [0.15, 0.2) is 51.3 Å². The highest BCUT2D eigenvalue weighted by molar-refractivity contribution is 5.80. The fraction of sp³-hybridized carbons (Fsp3) is 0. The molecule has 0 bridgehead atoms. The quantitative estimate of drug-likeness (QED) is 0.525. The second kappa shape index (κ2) is 3.58. The smallest absolute Gasteiger partial charge is 0.284 e. The van der Waals surface area contributed by atoms with E-state index in [9.17, 15) is 0 Å². The van der Waals surface area contributed by atoms with Crippen molar-refractivity contribution in [1.29, 1.82) is 0 Å². The molecule has 0 saturated heterocycles. The molecule has 19 heavy (non-hydrogen) atoms. The van der Waals surface area contributed by atoms with Crippen LogP contribution in [0.2, 0.25) is 0 Å². The van der Waals surface area contributed by atoms with E-state index in [0.29, 0.717) is 34.2 Å². The lowest BCUT2D eigenvalue weighted by atomic mass is 10.3. The number of nitrogens with two attached hydrogens (primary N) is 1. The van der Waals surface area contributed by atoms with E-state index in [-0.39, 0.29) is 0 Å². The van der Waals surface area contributed by atoms with Crippen LogP contribution in [0, 0.1) is 0 Å². The van der Waals surface area contributed by atoms with Gasteiger partial charge in [0.15, 0.2) is 11.2 Å². The molecule has 2 heterocycles. The standard InChI is InChI=1S/C14H9N3O2/c15-8-5-6-12-10(7-8)17-14(19-12)13-16-9-3-1-2-4-11(9)18-13/h1-7H,15H2. The number of nitrogen functional groups attached to an aromatic ring is 1. The van der Waals surface area contributed by atoms with Crippen molar-refractivity contribution < 1.29 is 8.83 Å². The summed E-state index contributed by atoms with van der Waals surface area (Å²) in [5.41, 5.74) is 9.19. The second-order valence-electron chi connectivity index (χ2n) is 4.23. The molecule has 0 aliphatic heterocycles. The van der Waals surface area contributed by atoms with Gasteiger partial charge in [0.05, 0.1) is 0 Å². The molecule has 5 heteroatoms. The van der Waals surface area contributed by atoms with Crippen LogP contribution >= 0.6 is 0 Å². The van der Waals surface area contributed by atoms with Gasteiger partial charge in [-0.15, -0.1) is 0 Å². The Morgan fingerprint density at radius 3 is 2.26 bits per heavy atom. The first kappa shape index (κ1) is 10.1. The molecule has 2 aromatic carbocycles. The average Bonchev–Trinajstić information content (AvgIpc) is 3.00. The van der Waals surface area contributed by atoms with E-state index >= 15 is 0 Å². The van der Waals surface area contributed by atoms with Crippen molar-refractivity contribution in [2.45, 2.75) is 0 Å². The van der Waals surface area contributed by atoms with E-state index in [4.69, 9.17) is 14.6 Å². The average molecular weight is 251 g/mol. The van der Waals surface area contributed by atoms with Crippen LogP contribution in [0.3, 0.4) is 0 Å². The third-order valence-corrected chi connectivity index (χ3v) is 2.89. The van der Waals surface area contributed by atoms with Gasteiger partial charge in [-0.25, -0.2) is 9.97 Å². The first-order valence-electron chi connectivity index (χ1n) is 5.81. The summed E-state index contributed by atoms with van der Waals surface area (Å²) in [6.07, 6.45) is 0. The third kappa shape index (κ3) is 1.55. The minimum atomic E-state index is 0.358. The van der Waals surface area contributed by atoms with Crippen molar-refractivity contribution in [3.05, 3.63) is 42.5 Å². The molecular weight excluding hydrogens is 242 g/mol. The molecule has 0 saturated carbocycles. The molecule has 0 aliphatic carbocycles. The minimum Gasteiger partial charge on any atom is -0.432 e. The summed E-state index contributed by atoms with van der Waals surface area (Å²) in [6, 6.07) is 12.8. The second-order valence-corrected chi connectivity index (χ2v) is 4.23. The Bertz CT molecular complexity index is 859. The molecule has 0 fully saturated rings. The van der Waals surface area contributed by atoms with Gasteiger partial charge >= 0.3 is 0 Å². The number of anilines is 1. The van der Waals surface area contributed by atoms with E-state index < -0.39 is 0 Å². The van der Waals surface area contributed by atoms with Crippen LogP contribution in [0.25, 0.3) is 34.0 Å². The van der Waals surface area contributed by atoms with Gasteiger partial charge in [0.2, 0.25) is 0 Å². The van der Waals surface area contributed by atoms with Crippen LogP contribution in [0.4, 0.5) is 5.69 Å². The SMILES string of the molecule is Nc1ccc2oc(-c3nc4ccccc4o3)nc2c1. The summed E-state index contributed by atoms with van der Waals surface area (Å²) in [5, 5.41) is 0. The highest BCUT2D eigenvalue weighted by atomic mass is 16.4. The minimum absolute atomic E-state index is 0.358. The van der Waals surface area contributed by atoms with Crippen LogP contribution in [0.1, 0.15) is 0 Å². The lowest BCUT2D eigenvalue weighted by Gasteiger charge is -1.88. The van der Waals surface area contributed by atoms with Crippen molar-refractivity contribution in [3.63, 3.8) is 0 Å². The number of oxazole rings is 2. The van der Waals surface area contributed by atoms with Gasteiger partial charge in [0.1, 0.15) is 11.0 Å². The number of aromatic nitrogens is 2. The Labute approximate surface area is 107 Å². The van der Waals surface area contributed by atoms with Gasteiger partial charge in [0, 0.05) is 5.69 Å². The maximum atomic E-state index is 5.71. The van der Waals surface area contributed by atoms with Gasteiger partial charge in [-0.1, -0.05) is 12.1 Å². The zero-order valence-corrected chi connectivity index (χ0v) is 9.83. The number of para-hydroxylation sites is 2. The zero-order valence-electron chi connectivity index (χ0n) is 9.83. The first-order valence-corrected chi connectivity index (χ1v) is 5.81. The predicted molar refractivity (Wildman–Crippen MR) is 71.4 cm³/mol. The van der Waals surface area contributed by atoms with Crippen LogP contribution in [-0.4, -0.2) is 9.97 Å². The molecule has 5 nitrogen and oxygen atoms in total. The molecule has 0 atom stereocenters. The Kier molecular flexibility index (Phi) is 1.91. The third-order valence-electron chi connectivity index (χ3n) is 2.89. The molecule has 2 N–H and O–H groups in total. The van der Waals surface area contributed by atoms with Crippen molar-refractivity contribution in [2.24, 2.45) is 0 Å². The number of nitrogens with zero attached hydrogens (tertiary/aromatic N) is 2. The molecular formula is C14H9N3O2. The fourth-order valence-corrected chi connectivity index (χ4v) is 2.00. The van der Waals surface area contributed by atoms with Crippen LogP contribution in [0.5, 0.6) is 0 Å². The van der Waals surface area contributed by atoms with E-state index in [0.717, 1.165) is 5.52 Å². The summed E-state index contributed by atoms with van der Waals surface area (Å²) in [5.74, 6) is 0.729. The predicted octanol–water partition coefficient (Wildman–Crippen LogP) is 3.22. The monoisotopic (exact) mass is 251 g/mol. The van der Waals surface area contributed by atoms with Gasteiger partial charge in [-0.3, -0.25) is 0 Å². The number of rotatable bonds is 1. The Morgan fingerprint density at radius 1 is 0.789 bits per heavy atom. The largest absolute Gasteiger partial charge is 0.432 e. The fourth-order valence-electron chi connectivity index (χ4n) is 2.00. The molecule has 0 unspecified atom stereocenters. The highest BCUT2D eigenvalue weighted by Crippen LogP contribution is 2.27. The lowest BCUT2D eigenvalue weighted by molar-refractivity contribution is 0.550. The maximum Gasteiger partial charge on any atom is 0.284 e. The van der Waals surface area contributed by atoms with Crippen LogP contribution < -0.4 is 5.73 Å². The van der Waals surface area contributed by atoms with E-state index in [1.807, 2.05) is 24.3 Å². The van der Waals surface area contributed by atoms with E-state index in [1.54, 1.807) is 18.2 Å². The van der Waals surface area contributed by atoms with Gasteiger partial charge in [0.25, 0.3) is 11.8 Å². The number of benzene rings is 2. The molecule has 4 rings (SSSR count). The van der Waals surface area contributed by atoms with Crippen molar-refractivity contribution in [1.82, 2.24) is 9.97 Å². The molecule has 0 amide bonds. The van der Waals surface area contributed by atoms with Crippen molar-refractivity contribution in [3.8, 4) is 11.8 Å². The normalized spacial score (nSPS) is 11.4. The highest BCUT2D eigenvalue weighted by Gasteiger charge is 2.14. The first-order chi connectivity index (χ1) is 9.29. The molecule has 2 aromatic heterocycles. The molecule has 0 radical (unpaired) electrons. The number of fused-ring (bicyclic) bond motifs is 2. The van der Waals surface area contributed by atoms with Gasteiger partial charge in [-0.05, 0) is 30.3 Å². The Balaban J connectivity index is 1.93. The van der Waals surface area contributed by atoms with E-state index in [2.05, 4.69) is 9.97 Å². The maximum absolute atomic E-state index is 5.71. The summed E-state index contributed by atoms with van der Waals surface area (Å²) in [7, 11) is 0. The number of hydrogen-bond donors (Lipinski definition) is 1.